The van der Waals surface area contributed by atoms with Crippen LogP contribution in [-0.4, -0.2) is 48.1 Å². The molecule has 1 aliphatic rings. The molecule has 18 heavy (non-hydrogen) atoms. The molecule has 1 fully saturated rings. The normalized spacial score (nSPS) is 19.6. The molecule has 0 aliphatic carbocycles. The fourth-order valence-corrected chi connectivity index (χ4v) is 2.55. The van der Waals surface area contributed by atoms with Gasteiger partial charge in [-0.1, -0.05) is 11.6 Å². The Labute approximate surface area is 112 Å². The Bertz CT molecular complexity index is 411. The summed E-state index contributed by atoms with van der Waals surface area (Å²) >= 11 is 6.19. The first-order valence-electron chi connectivity index (χ1n) is 6.02. The number of nitrogens with two attached hydrogens (primary N) is 1. The topological polar surface area (TPSA) is 70.3 Å². The van der Waals surface area contributed by atoms with Crippen LogP contribution in [0.5, 0.6) is 0 Å². The van der Waals surface area contributed by atoms with Gasteiger partial charge in [0.25, 0.3) is 0 Å². The number of anilines is 2. The second-order valence-electron chi connectivity index (χ2n) is 4.76. The predicted octanol–water partition coefficient (Wildman–Crippen LogP) is 0.946. The van der Waals surface area contributed by atoms with E-state index in [9.17, 15) is 0 Å². The number of likely N-dealkylation sites (N-methyl/N-ethyl adjacent to an activating group) is 1. The lowest BCUT2D eigenvalue weighted by atomic mass is 10.2. The lowest BCUT2D eigenvalue weighted by Gasteiger charge is -2.28. The van der Waals surface area contributed by atoms with Crippen LogP contribution in [-0.2, 0) is 0 Å². The van der Waals surface area contributed by atoms with E-state index in [1.54, 1.807) is 6.20 Å². The van der Waals surface area contributed by atoms with E-state index in [-0.39, 0.29) is 0 Å². The van der Waals surface area contributed by atoms with Crippen LogP contribution in [0.2, 0.25) is 5.02 Å². The van der Waals surface area contributed by atoms with Crippen LogP contribution in [0, 0.1) is 0 Å². The molecule has 0 amide bonds. The fourth-order valence-electron chi connectivity index (χ4n) is 2.35. The van der Waals surface area contributed by atoms with Crippen molar-refractivity contribution in [1.82, 2.24) is 14.9 Å². The van der Waals surface area contributed by atoms with Gasteiger partial charge in [-0.05, 0) is 26.9 Å². The third kappa shape index (κ3) is 2.82. The summed E-state index contributed by atoms with van der Waals surface area (Å²) < 4.78 is 0. The number of hydrogen-bond donors (Lipinski definition) is 2. The summed E-state index contributed by atoms with van der Waals surface area (Å²) in [6.45, 7) is 1.96. The van der Waals surface area contributed by atoms with Gasteiger partial charge in [0.1, 0.15) is 5.02 Å². The Morgan fingerprint density at radius 2 is 2.39 bits per heavy atom. The molecule has 1 unspecified atom stereocenters. The SMILES string of the molecule is CN(C)CC1CCCN1c1nc(NN)ncc1Cl. The van der Waals surface area contributed by atoms with E-state index in [2.05, 4.69) is 39.3 Å². The van der Waals surface area contributed by atoms with Crippen molar-refractivity contribution in [3.05, 3.63) is 11.2 Å². The quantitative estimate of drug-likeness (QED) is 0.627. The van der Waals surface area contributed by atoms with Crippen LogP contribution in [0.3, 0.4) is 0 Å². The number of nitrogens with one attached hydrogen (secondary N) is 1. The van der Waals surface area contributed by atoms with Crippen molar-refractivity contribution in [3.63, 3.8) is 0 Å². The molecule has 6 nitrogen and oxygen atoms in total. The average molecular weight is 271 g/mol. The summed E-state index contributed by atoms with van der Waals surface area (Å²) in [5.41, 5.74) is 2.46. The molecule has 0 radical (unpaired) electrons. The molecule has 1 aliphatic heterocycles. The van der Waals surface area contributed by atoms with E-state index in [1.807, 2.05) is 0 Å². The number of hydrazine groups is 1. The number of halogens is 1. The number of rotatable bonds is 4. The molecular formula is C11H19ClN6. The van der Waals surface area contributed by atoms with E-state index in [0.717, 1.165) is 31.7 Å². The lowest BCUT2D eigenvalue weighted by molar-refractivity contribution is 0.371. The molecule has 2 heterocycles. The van der Waals surface area contributed by atoms with Gasteiger partial charge in [-0.2, -0.15) is 4.98 Å². The summed E-state index contributed by atoms with van der Waals surface area (Å²) in [6, 6.07) is 0.443. The van der Waals surface area contributed by atoms with Gasteiger partial charge >= 0.3 is 0 Å². The van der Waals surface area contributed by atoms with Crippen LogP contribution in [0.4, 0.5) is 11.8 Å². The van der Waals surface area contributed by atoms with Gasteiger partial charge in [0, 0.05) is 19.1 Å². The van der Waals surface area contributed by atoms with E-state index < -0.39 is 0 Å². The monoisotopic (exact) mass is 270 g/mol. The minimum Gasteiger partial charge on any atom is -0.351 e. The van der Waals surface area contributed by atoms with E-state index in [4.69, 9.17) is 17.4 Å². The second-order valence-corrected chi connectivity index (χ2v) is 5.17. The maximum absolute atomic E-state index is 6.19. The second kappa shape index (κ2) is 5.69. The van der Waals surface area contributed by atoms with Crippen LogP contribution >= 0.6 is 11.6 Å². The van der Waals surface area contributed by atoms with Crippen molar-refractivity contribution in [1.29, 1.82) is 0 Å². The van der Waals surface area contributed by atoms with Gasteiger partial charge < -0.3 is 9.80 Å². The Morgan fingerprint density at radius 1 is 1.61 bits per heavy atom. The first kappa shape index (κ1) is 13.3. The smallest absolute Gasteiger partial charge is 0.239 e. The van der Waals surface area contributed by atoms with Crippen molar-refractivity contribution < 1.29 is 0 Å². The van der Waals surface area contributed by atoms with Crippen LogP contribution in [0.25, 0.3) is 0 Å². The molecule has 0 spiro atoms. The van der Waals surface area contributed by atoms with Gasteiger partial charge in [0.15, 0.2) is 5.82 Å². The minimum absolute atomic E-state index is 0.393. The summed E-state index contributed by atoms with van der Waals surface area (Å²) in [7, 11) is 4.15. The number of nitrogens with zero attached hydrogens (tertiary/aromatic N) is 4. The Morgan fingerprint density at radius 3 is 3.06 bits per heavy atom. The molecule has 1 saturated heterocycles. The van der Waals surface area contributed by atoms with E-state index in [1.165, 1.54) is 0 Å². The maximum Gasteiger partial charge on any atom is 0.239 e. The van der Waals surface area contributed by atoms with Crippen LogP contribution in [0.1, 0.15) is 12.8 Å². The van der Waals surface area contributed by atoms with Crippen molar-refractivity contribution in [3.8, 4) is 0 Å². The zero-order valence-electron chi connectivity index (χ0n) is 10.7. The zero-order chi connectivity index (χ0) is 13.1. The lowest BCUT2D eigenvalue weighted by Crippen LogP contribution is -2.38. The fraction of sp³-hybridized carbons (Fsp3) is 0.636. The molecule has 0 bridgehead atoms. The van der Waals surface area contributed by atoms with E-state index in [0.29, 0.717) is 17.0 Å². The highest BCUT2D eigenvalue weighted by Gasteiger charge is 2.28. The standard InChI is InChI=1S/C11H19ClN6/c1-17(2)7-8-4-3-5-18(8)10-9(12)6-14-11(15-10)16-13/h6,8H,3-5,7,13H2,1-2H3,(H,14,15,16). The predicted molar refractivity (Wildman–Crippen MR) is 73.8 cm³/mol. The van der Waals surface area contributed by atoms with Gasteiger partial charge in [0.2, 0.25) is 5.95 Å². The van der Waals surface area contributed by atoms with Crippen molar-refractivity contribution in [2.45, 2.75) is 18.9 Å². The third-order valence-corrected chi connectivity index (χ3v) is 3.35. The summed E-state index contributed by atoms with van der Waals surface area (Å²) in [6.07, 6.45) is 3.90. The zero-order valence-corrected chi connectivity index (χ0v) is 11.5. The molecule has 0 aromatic carbocycles. The number of aromatic nitrogens is 2. The van der Waals surface area contributed by atoms with Crippen molar-refractivity contribution >= 4 is 23.4 Å². The molecular weight excluding hydrogens is 252 g/mol. The molecule has 1 atom stereocenters. The number of nitrogen functional groups attached to an aromatic ring is 1. The Hall–Kier alpha value is -1.11. The summed E-state index contributed by atoms with van der Waals surface area (Å²) in [5.74, 6) is 6.50. The Balaban J connectivity index is 2.23. The van der Waals surface area contributed by atoms with Gasteiger partial charge in [-0.15, -0.1) is 0 Å². The highest BCUT2D eigenvalue weighted by Crippen LogP contribution is 2.30. The third-order valence-electron chi connectivity index (χ3n) is 3.08. The van der Waals surface area contributed by atoms with Crippen molar-refractivity contribution in [2.24, 2.45) is 5.84 Å². The highest BCUT2D eigenvalue weighted by atomic mass is 35.5. The molecule has 0 saturated carbocycles. The molecule has 7 heteroatoms. The van der Waals surface area contributed by atoms with E-state index >= 15 is 0 Å². The summed E-state index contributed by atoms with van der Waals surface area (Å²) in [5, 5.41) is 0.569. The number of hydrogen-bond acceptors (Lipinski definition) is 6. The minimum atomic E-state index is 0.393. The summed E-state index contributed by atoms with van der Waals surface area (Å²) in [4.78, 5) is 12.8. The maximum atomic E-state index is 6.19. The molecule has 3 N–H and O–H groups in total. The first-order valence-corrected chi connectivity index (χ1v) is 6.40. The first-order chi connectivity index (χ1) is 8.61. The Kier molecular flexibility index (Phi) is 4.21. The largest absolute Gasteiger partial charge is 0.351 e. The average Bonchev–Trinajstić information content (AvgIpc) is 2.77. The molecule has 2 rings (SSSR count). The van der Waals surface area contributed by atoms with Crippen molar-refractivity contribution in [2.75, 3.05) is 37.5 Å². The van der Waals surface area contributed by atoms with Crippen LogP contribution in [0.15, 0.2) is 6.20 Å². The molecule has 1 aromatic heterocycles. The molecule has 100 valence electrons. The molecule has 1 aromatic rings. The van der Waals surface area contributed by atoms with Gasteiger partial charge in [-0.3, -0.25) is 5.43 Å². The highest BCUT2D eigenvalue weighted by molar-refractivity contribution is 6.32. The van der Waals surface area contributed by atoms with Gasteiger partial charge in [-0.25, -0.2) is 10.8 Å². The van der Waals surface area contributed by atoms with Crippen LogP contribution < -0.4 is 16.2 Å². The van der Waals surface area contributed by atoms with Gasteiger partial charge in [0.05, 0.1) is 6.20 Å².